The average molecular weight is 462 g/mol. The first-order valence-electron chi connectivity index (χ1n) is 11.9. The van der Waals surface area contributed by atoms with Gasteiger partial charge in [-0.2, -0.15) is 0 Å². The van der Waals surface area contributed by atoms with Gasteiger partial charge in [-0.1, -0.05) is 44.6 Å². The van der Waals surface area contributed by atoms with E-state index in [2.05, 4.69) is 19.9 Å². The smallest absolute Gasteiger partial charge is 0.247 e. The highest BCUT2D eigenvalue weighted by Crippen LogP contribution is 2.61. The number of β-amino-alcohol motifs (C(OH)–C–C–N with tert-alkyl or cyclic N) is 1. The number of fused-ring (bicyclic) bond motifs is 2. The van der Waals surface area contributed by atoms with Crippen LogP contribution >= 0.6 is 11.8 Å². The van der Waals surface area contributed by atoms with Gasteiger partial charge in [0.15, 0.2) is 0 Å². The van der Waals surface area contributed by atoms with Crippen molar-refractivity contribution in [1.82, 2.24) is 14.7 Å². The quantitative estimate of drug-likeness (QED) is 0.584. The van der Waals surface area contributed by atoms with Gasteiger partial charge in [-0.3, -0.25) is 14.4 Å². The van der Waals surface area contributed by atoms with Crippen LogP contribution in [0.5, 0.6) is 0 Å². The predicted octanol–water partition coefficient (Wildman–Crippen LogP) is 1.67. The van der Waals surface area contributed by atoms with E-state index >= 15 is 0 Å². The molecule has 0 radical (unpaired) electrons. The highest BCUT2D eigenvalue weighted by molar-refractivity contribution is 8.02. The number of aliphatic hydroxyl groups is 1. The third kappa shape index (κ3) is 3.50. The van der Waals surface area contributed by atoms with E-state index in [-0.39, 0.29) is 42.2 Å². The minimum atomic E-state index is -0.783. The molecule has 2 unspecified atom stereocenters. The molecular weight excluding hydrogens is 426 g/mol. The van der Waals surface area contributed by atoms with Crippen LogP contribution in [-0.2, 0) is 14.4 Å². The standard InChI is InChI=1S/C24H35N3O4S/c1-4-8-16(3)26-13-7-10-24-19(22(30)27(14-15-28)20(24)23(26)31)18-17(32-24)9-6-12-25(11-5-2)21(18)29/h6-7,9-10,16-20,28H,4-5,8,11-15H2,1-3H3/t16?,17-,18+,19-,20?,24-/m0/s1. The number of hydrogen-bond donors (Lipinski definition) is 1. The summed E-state index contributed by atoms with van der Waals surface area (Å²) < 4.78 is -0.783. The van der Waals surface area contributed by atoms with Crippen LogP contribution in [0.15, 0.2) is 24.3 Å². The van der Waals surface area contributed by atoms with Crippen LogP contribution in [0.25, 0.3) is 0 Å². The molecule has 4 rings (SSSR count). The Bertz CT molecular complexity index is 830. The number of carbonyl (C=O) groups excluding carboxylic acids is 3. The molecule has 0 bridgehead atoms. The topological polar surface area (TPSA) is 81.2 Å². The second kappa shape index (κ2) is 9.21. The summed E-state index contributed by atoms with van der Waals surface area (Å²) in [5.41, 5.74) is 0. The first-order chi connectivity index (χ1) is 15.4. The van der Waals surface area contributed by atoms with E-state index in [1.807, 2.05) is 35.0 Å². The molecule has 6 atom stereocenters. The van der Waals surface area contributed by atoms with Gasteiger partial charge in [-0.05, 0) is 19.8 Å². The number of nitrogens with zero attached hydrogens (tertiary/aromatic N) is 3. The van der Waals surface area contributed by atoms with Gasteiger partial charge in [0.05, 0.1) is 23.2 Å². The van der Waals surface area contributed by atoms with Crippen LogP contribution in [0.4, 0.5) is 0 Å². The number of carbonyl (C=O) groups is 3. The summed E-state index contributed by atoms with van der Waals surface area (Å²) in [6.45, 7) is 7.83. The van der Waals surface area contributed by atoms with Crippen molar-refractivity contribution in [2.45, 2.75) is 62.1 Å². The van der Waals surface area contributed by atoms with Crippen LogP contribution in [0.1, 0.15) is 40.0 Å². The Balaban J connectivity index is 1.78. The average Bonchev–Trinajstić information content (AvgIpc) is 3.07. The maximum absolute atomic E-state index is 13.9. The van der Waals surface area contributed by atoms with E-state index < -0.39 is 22.6 Å². The maximum atomic E-state index is 13.9. The summed E-state index contributed by atoms with van der Waals surface area (Å²) in [5, 5.41) is 9.59. The highest BCUT2D eigenvalue weighted by Gasteiger charge is 2.70. The maximum Gasteiger partial charge on any atom is 0.247 e. The Kier molecular flexibility index (Phi) is 6.73. The number of amides is 3. The number of aliphatic hydroxyl groups excluding tert-OH is 1. The van der Waals surface area contributed by atoms with Gasteiger partial charge in [0.2, 0.25) is 17.7 Å². The lowest BCUT2D eigenvalue weighted by atomic mass is 9.78. The van der Waals surface area contributed by atoms with Gasteiger partial charge >= 0.3 is 0 Å². The lowest BCUT2D eigenvalue weighted by molar-refractivity contribution is -0.145. The highest BCUT2D eigenvalue weighted by atomic mass is 32.2. The molecule has 4 heterocycles. The molecule has 3 amide bonds. The van der Waals surface area contributed by atoms with Gasteiger partial charge in [0.1, 0.15) is 6.04 Å². The Morgan fingerprint density at radius 3 is 2.56 bits per heavy atom. The zero-order valence-corrected chi connectivity index (χ0v) is 20.1. The monoisotopic (exact) mass is 461 g/mol. The molecule has 1 spiro atoms. The Hall–Kier alpha value is -1.80. The molecule has 32 heavy (non-hydrogen) atoms. The zero-order chi connectivity index (χ0) is 23.0. The van der Waals surface area contributed by atoms with E-state index in [0.717, 1.165) is 19.3 Å². The Morgan fingerprint density at radius 1 is 1.09 bits per heavy atom. The summed E-state index contributed by atoms with van der Waals surface area (Å²) in [6, 6.07) is -0.626. The zero-order valence-electron chi connectivity index (χ0n) is 19.3. The molecule has 1 N–H and O–H groups in total. The van der Waals surface area contributed by atoms with E-state index in [1.165, 1.54) is 0 Å². The third-order valence-corrected chi connectivity index (χ3v) is 9.09. The number of thioether (sulfide) groups is 1. The second-order valence-electron chi connectivity index (χ2n) is 9.34. The van der Waals surface area contributed by atoms with Crippen LogP contribution in [-0.4, -0.2) is 92.4 Å². The fourth-order valence-electron chi connectivity index (χ4n) is 6.00. The number of rotatable bonds is 7. The SMILES string of the molecule is CCCC(C)N1CC=C[C@]23S[C@H]4C=CCN(CCC)C(=O)[C@H]4[C@H]2C(=O)N(CCO)C3C1=O. The molecule has 0 aromatic rings. The molecule has 4 aliphatic rings. The molecule has 7 nitrogen and oxygen atoms in total. The second-order valence-corrected chi connectivity index (χ2v) is 10.8. The van der Waals surface area contributed by atoms with Crippen LogP contribution in [0.2, 0.25) is 0 Å². The summed E-state index contributed by atoms with van der Waals surface area (Å²) in [7, 11) is 0. The van der Waals surface area contributed by atoms with Crippen molar-refractivity contribution in [3.05, 3.63) is 24.3 Å². The molecule has 2 fully saturated rings. The molecule has 0 aromatic heterocycles. The summed E-state index contributed by atoms with van der Waals surface area (Å²) in [6.07, 6.45) is 10.9. The first-order valence-corrected chi connectivity index (χ1v) is 12.8. The van der Waals surface area contributed by atoms with Gasteiger partial charge in [0.25, 0.3) is 0 Å². The Morgan fingerprint density at radius 2 is 1.88 bits per heavy atom. The molecule has 0 saturated carbocycles. The molecule has 4 aliphatic heterocycles. The van der Waals surface area contributed by atoms with Crippen LogP contribution in [0.3, 0.4) is 0 Å². The normalized spacial score (nSPS) is 35.0. The van der Waals surface area contributed by atoms with Gasteiger partial charge < -0.3 is 19.8 Å². The minimum absolute atomic E-state index is 0.00970. The van der Waals surface area contributed by atoms with Crippen molar-refractivity contribution in [2.75, 3.05) is 32.8 Å². The lowest BCUT2D eigenvalue weighted by Gasteiger charge is -2.37. The van der Waals surface area contributed by atoms with Gasteiger partial charge in [-0.15, -0.1) is 11.8 Å². The van der Waals surface area contributed by atoms with E-state index in [9.17, 15) is 19.5 Å². The van der Waals surface area contributed by atoms with Crippen molar-refractivity contribution < 1.29 is 19.5 Å². The van der Waals surface area contributed by atoms with E-state index in [1.54, 1.807) is 16.7 Å². The lowest BCUT2D eigenvalue weighted by Crippen LogP contribution is -2.55. The van der Waals surface area contributed by atoms with Crippen LogP contribution < -0.4 is 0 Å². The molecular formula is C24H35N3O4S. The van der Waals surface area contributed by atoms with E-state index in [0.29, 0.717) is 19.6 Å². The van der Waals surface area contributed by atoms with Crippen molar-refractivity contribution in [1.29, 1.82) is 0 Å². The van der Waals surface area contributed by atoms with Gasteiger partial charge in [0, 0.05) is 37.5 Å². The fraction of sp³-hybridized carbons (Fsp3) is 0.708. The summed E-state index contributed by atoms with van der Waals surface area (Å²) in [4.78, 5) is 46.6. The predicted molar refractivity (Wildman–Crippen MR) is 125 cm³/mol. The molecule has 8 heteroatoms. The molecule has 0 aromatic carbocycles. The molecule has 2 saturated heterocycles. The number of likely N-dealkylation sites (tertiary alicyclic amines) is 1. The molecule has 0 aliphatic carbocycles. The first kappa shape index (κ1) is 23.4. The fourth-order valence-corrected chi connectivity index (χ4v) is 8.00. The Labute approximate surface area is 194 Å². The largest absolute Gasteiger partial charge is 0.395 e. The van der Waals surface area contributed by atoms with Crippen molar-refractivity contribution in [2.24, 2.45) is 11.8 Å². The van der Waals surface area contributed by atoms with E-state index in [4.69, 9.17) is 0 Å². The third-order valence-electron chi connectivity index (χ3n) is 7.35. The minimum Gasteiger partial charge on any atom is -0.395 e. The summed E-state index contributed by atoms with van der Waals surface area (Å²) in [5.74, 6) is -1.31. The molecule has 176 valence electrons. The number of hydrogen-bond acceptors (Lipinski definition) is 5. The van der Waals surface area contributed by atoms with Crippen molar-refractivity contribution in [3.8, 4) is 0 Å². The van der Waals surface area contributed by atoms with Crippen molar-refractivity contribution in [3.63, 3.8) is 0 Å². The van der Waals surface area contributed by atoms with Gasteiger partial charge in [-0.25, -0.2) is 0 Å². The van der Waals surface area contributed by atoms with Crippen LogP contribution in [0, 0.1) is 11.8 Å². The van der Waals surface area contributed by atoms with Crippen molar-refractivity contribution >= 4 is 29.5 Å². The summed E-state index contributed by atoms with van der Waals surface area (Å²) >= 11 is 1.60.